The topological polar surface area (TPSA) is 0 Å². The van der Waals surface area contributed by atoms with Crippen LogP contribution in [0.25, 0.3) is 0 Å². The van der Waals surface area contributed by atoms with E-state index < -0.39 is 0 Å². The Morgan fingerprint density at radius 2 is 2.12 bits per heavy atom. The van der Waals surface area contributed by atoms with Crippen molar-refractivity contribution in [3.8, 4) is 0 Å². The molecule has 2 saturated carbocycles. The molecule has 0 aromatic carbocycles. The summed E-state index contributed by atoms with van der Waals surface area (Å²) in [6.07, 6.45) is 14.6. The smallest absolute Gasteiger partial charge is 0.0197 e. The molecule has 2 bridgehead atoms. The number of hydrogen-bond donors (Lipinski definition) is 0. The van der Waals surface area contributed by atoms with Crippen molar-refractivity contribution in [1.82, 2.24) is 0 Å². The molecule has 3 aliphatic carbocycles. The van der Waals surface area contributed by atoms with Crippen LogP contribution in [0.15, 0.2) is 23.8 Å². The molecule has 0 amide bonds. The first kappa shape index (κ1) is 10.6. The Bertz CT molecular complexity index is 323. The lowest BCUT2D eigenvalue weighted by atomic mass is 9.77. The zero-order valence-electron chi connectivity index (χ0n) is 10.7. The average Bonchev–Trinajstić information content (AvgIpc) is 2.92. The van der Waals surface area contributed by atoms with E-state index in [4.69, 9.17) is 0 Å². The highest BCUT2D eigenvalue weighted by molar-refractivity contribution is 5.20. The lowest BCUT2D eigenvalue weighted by molar-refractivity contribution is 0.275. The molecule has 0 radical (unpaired) electrons. The zero-order valence-corrected chi connectivity index (χ0v) is 10.7. The van der Waals surface area contributed by atoms with E-state index in [0.717, 1.165) is 29.6 Å². The van der Waals surface area contributed by atoms with Gasteiger partial charge < -0.3 is 0 Å². The molecule has 0 nitrogen and oxygen atoms in total. The summed E-state index contributed by atoms with van der Waals surface area (Å²) in [4.78, 5) is 0. The van der Waals surface area contributed by atoms with Crippen LogP contribution in [-0.4, -0.2) is 0 Å². The van der Waals surface area contributed by atoms with Crippen LogP contribution in [0.4, 0.5) is 0 Å². The number of rotatable bonds is 2. The third-order valence-electron chi connectivity index (χ3n) is 5.12. The molecule has 3 rings (SSSR count). The van der Waals surface area contributed by atoms with Gasteiger partial charge in [-0.3, -0.25) is 0 Å². The van der Waals surface area contributed by atoms with Gasteiger partial charge in [-0.15, -0.1) is 0 Å². The second kappa shape index (κ2) is 4.05. The van der Waals surface area contributed by atoms with Gasteiger partial charge in [0.15, 0.2) is 0 Å². The molecule has 3 aliphatic rings. The minimum atomic E-state index is 0.842. The summed E-state index contributed by atoms with van der Waals surface area (Å²) < 4.78 is 0. The molecule has 2 fully saturated rings. The standard InChI is InChI=1S/C16H24/c1-3-4-12-8-15-9-14(12)10-16(15)13-6-5-11(2)7-13/h4-6,11,13-16H,3,7-10H2,1-2H3/b12-4-. The fourth-order valence-corrected chi connectivity index (χ4v) is 4.44. The lowest BCUT2D eigenvalue weighted by Gasteiger charge is -2.28. The van der Waals surface area contributed by atoms with Crippen molar-refractivity contribution in [2.75, 3.05) is 0 Å². The zero-order chi connectivity index (χ0) is 11.1. The van der Waals surface area contributed by atoms with Crippen LogP contribution in [0.5, 0.6) is 0 Å². The molecule has 0 N–H and O–H groups in total. The Balaban J connectivity index is 1.67. The van der Waals surface area contributed by atoms with Crippen molar-refractivity contribution < 1.29 is 0 Å². The predicted molar refractivity (Wildman–Crippen MR) is 69.1 cm³/mol. The van der Waals surface area contributed by atoms with E-state index in [2.05, 4.69) is 32.1 Å². The molecule has 5 atom stereocenters. The fraction of sp³-hybridized carbons (Fsp3) is 0.750. The van der Waals surface area contributed by atoms with Gasteiger partial charge in [-0.25, -0.2) is 0 Å². The molecule has 0 heterocycles. The van der Waals surface area contributed by atoms with Crippen molar-refractivity contribution in [3.63, 3.8) is 0 Å². The van der Waals surface area contributed by atoms with E-state index in [-0.39, 0.29) is 0 Å². The minimum absolute atomic E-state index is 0.842. The van der Waals surface area contributed by atoms with Gasteiger partial charge in [0.2, 0.25) is 0 Å². The van der Waals surface area contributed by atoms with Gasteiger partial charge in [-0.1, -0.05) is 37.6 Å². The highest BCUT2D eigenvalue weighted by atomic mass is 14.5. The molecule has 0 saturated heterocycles. The maximum absolute atomic E-state index is 2.53. The van der Waals surface area contributed by atoms with E-state index in [1.807, 2.05) is 0 Å². The van der Waals surface area contributed by atoms with Crippen molar-refractivity contribution in [1.29, 1.82) is 0 Å². The molecule has 0 heteroatoms. The molecule has 88 valence electrons. The molecule has 0 aromatic heterocycles. The first-order valence-electron chi connectivity index (χ1n) is 7.15. The largest absolute Gasteiger partial charge is 0.0854 e. The van der Waals surface area contributed by atoms with Crippen molar-refractivity contribution in [2.24, 2.45) is 29.6 Å². The van der Waals surface area contributed by atoms with Crippen LogP contribution in [-0.2, 0) is 0 Å². The third-order valence-corrected chi connectivity index (χ3v) is 5.12. The summed E-state index contributed by atoms with van der Waals surface area (Å²) in [6, 6.07) is 0. The Kier molecular flexibility index (Phi) is 2.69. The van der Waals surface area contributed by atoms with Crippen LogP contribution < -0.4 is 0 Å². The summed E-state index contributed by atoms with van der Waals surface area (Å²) in [7, 11) is 0. The second-order valence-electron chi connectivity index (χ2n) is 6.25. The Labute approximate surface area is 99.8 Å². The number of allylic oxidation sites excluding steroid dienone is 4. The van der Waals surface area contributed by atoms with Crippen molar-refractivity contribution in [2.45, 2.75) is 46.0 Å². The fourth-order valence-electron chi connectivity index (χ4n) is 4.44. The third kappa shape index (κ3) is 1.67. The van der Waals surface area contributed by atoms with Crippen molar-refractivity contribution >= 4 is 0 Å². The van der Waals surface area contributed by atoms with Gasteiger partial charge in [0.25, 0.3) is 0 Å². The summed E-state index contributed by atoms with van der Waals surface area (Å²) >= 11 is 0. The summed E-state index contributed by atoms with van der Waals surface area (Å²) in [5, 5.41) is 0. The van der Waals surface area contributed by atoms with E-state index >= 15 is 0 Å². The van der Waals surface area contributed by atoms with Crippen molar-refractivity contribution in [3.05, 3.63) is 23.8 Å². The highest BCUT2D eigenvalue weighted by Crippen LogP contribution is 2.55. The average molecular weight is 216 g/mol. The highest BCUT2D eigenvalue weighted by Gasteiger charge is 2.45. The first-order valence-corrected chi connectivity index (χ1v) is 7.15. The Morgan fingerprint density at radius 1 is 1.25 bits per heavy atom. The van der Waals surface area contributed by atoms with Gasteiger partial charge in [-0.05, 0) is 61.7 Å². The summed E-state index contributed by atoms with van der Waals surface area (Å²) in [6.45, 7) is 4.64. The van der Waals surface area contributed by atoms with E-state index in [0.29, 0.717) is 0 Å². The molecule has 0 aromatic rings. The van der Waals surface area contributed by atoms with E-state index in [9.17, 15) is 0 Å². The van der Waals surface area contributed by atoms with Gasteiger partial charge in [-0.2, -0.15) is 0 Å². The Morgan fingerprint density at radius 3 is 2.69 bits per heavy atom. The maximum atomic E-state index is 2.53. The normalized spacial score (nSPS) is 48.4. The van der Waals surface area contributed by atoms with Gasteiger partial charge in [0.1, 0.15) is 0 Å². The van der Waals surface area contributed by atoms with E-state index in [1.165, 1.54) is 32.1 Å². The monoisotopic (exact) mass is 216 g/mol. The van der Waals surface area contributed by atoms with Crippen LogP contribution in [0.1, 0.15) is 46.0 Å². The van der Waals surface area contributed by atoms with Gasteiger partial charge in [0, 0.05) is 0 Å². The number of hydrogen-bond acceptors (Lipinski definition) is 0. The quantitative estimate of drug-likeness (QED) is 0.593. The van der Waals surface area contributed by atoms with Crippen LogP contribution in [0.2, 0.25) is 0 Å². The van der Waals surface area contributed by atoms with E-state index in [1.54, 1.807) is 5.57 Å². The molecule has 0 spiro atoms. The Hall–Kier alpha value is -0.520. The molecular formula is C16H24. The SMILES string of the molecule is CC/C=C1/CC2CC1CC2C1C=CC(C)C1. The molecular weight excluding hydrogens is 192 g/mol. The summed E-state index contributed by atoms with van der Waals surface area (Å²) in [5.74, 6) is 4.80. The maximum Gasteiger partial charge on any atom is -0.0197 e. The molecule has 5 unspecified atom stereocenters. The summed E-state index contributed by atoms with van der Waals surface area (Å²) in [5.41, 5.74) is 1.80. The minimum Gasteiger partial charge on any atom is -0.0854 e. The molecule has 16 heavy (non-hydrogen) atoms. The predicted octanol–water partition coefficient (Wildman–Crippen LogP) is 4.58. The van der Waals surface area contributed by atoms with Crippen LogP contribution in [0.3, 0.4) is 0 Å². The van der Waals surface area contributed by atoms with Crippen LogP contribution >= 0.6 is 0 Å². The molecule has 0 aliphatic heterocycles. The van der Waals surface area contributed by atoms with Gasteiger partial charge >= 0.3 is 0 Å². The first-order chi connectivity index (χ1) is 7.78. The number of fused-ring (bicyclic) bond motifs is 2. The lowest BCUT2D eigenvalue weighted by Crippen LogP contribution is -2.19. The van der Waals surface area contributed by atoms with Crippen LogP contribution in [0, 0.1) is 29.6 Å². The second-order valence-corrected chi connectivity index (χ2v) is 6.25. The van der Waals surface area contributed by atoms with Gasteiger partial charge in [0.05, 0.1) is 0 Å².